The molecule has 0 aliphatic rings. The Morgan fingerprint density at radius 2 is 1.79 bits per heavy atom. The predicted octanol–water partition coefficient (Wildman–Crippen LogP) is 3.14. The fraction of sp³-hybridized carbons (Fsp3) is 0.261. The molecule has 0 unspecified atom stereocenters. The van der Waals surface area contributed by atoms with E-state index < -0.39 is 24.3 Å². The summed E-state index contributed by atoms with van der Waals surface area (Å²) in [5.74, 6) is 0.425. The smallest absolute Gasteiger partial charge is 0.416 e. The molecule has 11 heteroatoms. The molecule has 8 nitrogen and oxygen atoms in total. The van der Waals surface area contributed by atoms with Crippen LogP contribution in [-0.2, 0) is 17.5 Å². The van der Waals surface area contributed by atoms with Crippen molar-refractivity contribution in [2.24, 2.45) is 0 Å². The molecule has 0 bridgehead atoms. The van der Waals surface area contributed by atoms with Crippen LogP contribution in [0, 0.1) is 0 Å². The molecular formula is C23H22F3N3O5. The molecule has 0 atom stereocenters. The van der Waals surface area contributed by atoms with Crippen LogP contribution in [0.15, 0.2) is 59.4 Å². The van der Waals surface area contributed by atoms with Gasteiger partial charge in [-0.3, -0.25) is 9.59 Å². The number of benzene rings is 2. The van der Waals surface area contributed by atoms with Gasteiger partial charge in [0, 0.05) is 18.2 Å². The van der Waals surface area contributed by atoms with E-state index in [9.17, 15) is 22.8 Å². The summed E-state index contributed by atoms with van der Waals surface area (Å²) in [6.45, 7) is -0.336. The first-order valence-electron chi connectivity index (χ1n) is 10.1. The zero-order valence-electron chi connectivity index (χ0n) is 18.4. The van der Waals surface area contributed by atoms with Crippen molar-refractivity contribution in [1.29, 1.82) is 0 Å². The highest BCUT2D eigenvalue weighted by Gasteiger charge is 2.30. The van der Waals surface area contributed by atoms with Crippen LogP contribution in [0.2, 0.25) is 0 Å². The standard InChI is InChI=1S/C23H22F3N3O5/c1-32-19-8-6-15(12-20(19)33-2)18-7-9-22(31)29(28-18)11-10-27-21(30)14-34-17-5-3-4-16(13-17)23(24,25)26/h3-9,12-13H,10-11,14H2,1-2H3,(H,27,30). The molecule has 3 rings (SSSR count). The fourth-order valence-corrected chi connectivity index (χ4v) is 3.02. The lowest BCUT2D eigenvalue weighted by Gasteiger charge is -2.12. The molecule has 1 amide bonds. The van der Waals surface area contributed by atoms with Gasteiger partial charge in [-0.05, 0) is 42.5 Å². The quantitative estimate of drug-likeness (QED) is 0.509. The highest BCUT2D eigenvalue weighted by molar-refractivity contribution is 5.77. The number of carbonyl (C=O) groups excluding carboxylic acids is 1. The summed E-state index contributed by atoms with van der Waals surface area (Å²) >= 11 is 0. The van der Waals surface area contributed by atoms with Crippen molar-refractivity contribution >= 4 is 5.91 Å². The zero-order chi connectivity index (χ0) is 24.7. The Labute approximate surface area is 192 Å². The van der Waals surface area contributed by atoms with E-state index in [2.05, 4.69) is 10.4 Å². The largest absolute Gasteiger partial charge is 0.493 e. The minimum Gasteiger partial charge on any atom is -0.493 e. The topological polar surface area (TPSA) is 91.7 Å². The van der Waals surface area contributed by atoms with Crippen LogP contribution in [-0.4, -0.2) is 43.1 Å². The number of methoxy groups -OCH3 is 2. The van der Waals surface area contributed by atoms with Gasteiger partial charge < -0.3 is 19.5 Å². The molecule has 0 aliphatic heterocycles. The number of alkyl halides is 3. The number of nitrogens with one attached hydrogen (secondary N) is 1. The Morgan fingerprint density at radius 1 is 1.03 bits per heavy atom. The van der Waals surface area contributed by atoms with Crippen molar-refractivity contribution < 1.29 is 32.2 Å². The number of amides is 1. The van der Waals surface area contributed by atoms with Crippen molar-refractivity contribution in [2.75, 3.05) is 27.4 Å². The fourth-order valence-electron chi connectivity index (χ4n) is 3.02. The third-order valence-corrected chi connectivity index (χ3v) is 4.72. The maximum absolute atomic E-state index is 12.8. The number of carbonyl (C=O) groups is 1. The van der Waals surface area contributed by atoms with Crippen LogP contribution in [0.1, 0.15) is 5.56 Å². The van der Waals surface area contributed by atoms with Gasteiger partial charge >= 0.3 is 6.18 Å². The van der Waals surface area contributed by atoms with E-state index in [0.29, 0.717) is 22.8 Å². The Balaban J connectivity index is 1.58. The Kier molecular flexibility index (Phi) is 7.77. The molecule has 0 aliphatic carbocycles. The molecule has 1 heterocycles. The van der Waals surface area contributed by atoms with Crippen LogP contribution in [0.5, 0.6) is 17.2 Å². The van der Waals surface area contributed by atoms with Crippen LogP contribution in [0.4, 0.5) is 13.2 Å². The lowest BCUT2D eigenvalue weighted by Crippen LogP contribution is -2.34. The van der Waals surface area contributed by atoms with Crippen molar-refractivity contribution in [3.8, 4) is 28.5 Å². The summed E-state index contributed by atoms with van der Waals surface area (Å²) in [6, 6.07) is 12.4. The van der Waals surface area contributed by atoms with Gasteiger partial charge in [0.2, 0.25) is 0 Å². The molecule has 0 saturated heterocycles. The molecule has 2 aromatic carbocycles. The van der Waals surface area contributed by atoms with Crippen LogP contribution < -0.4 is 25.1 Å². The first-order valence-corrected chi connectivity index (χ1v) is 10.1. The first kappa shape index (κ1) is 24.6. The van der Waals surface area contributed by atoms with Crippen molar-refractivity contribution in [3.05, 3.63) is 70.5 Å². The zero-order valence-corrected chi connectivity index (χ0v) is 18.4. The Morgan fingerprint density at radius 3 is 2.50 bits per heavy atom. The summed E-state index contributed by atoms with van der Waals surface area (Å²) in [4.78, 5) is 24.2. The molecule has 0 spiro atoms. The van der Waals surface area contributed by atoms with E-state index in [1.807, 2.05) is 0 Å². The van der Waals surface area contributed by atoms with Gasteiger partial charge in [-0.25, -0.2) is 4.68 Å². The van der Waals surface area contributed by atoms with Crippen LogP contribution in [0.25, 0.3) is 11.3 Å². The maximum atomic E-state index is 12.8. The monoisotopic (exact) mass is 477 g/mol. The molecule has 0 fully saturated rings. The maximum Gasteiger partial charge on any atom is 0.416 e. The van der Waals surface area contributed by atoms with E-state index in [1.54, 1.807) is 24.3 Å². The minimum absolute atomic E-state index is 0.0626. The molecule has 3 aromatic rings. The number of hydrogen-bond acceptors (Lipinski definition) is 6. The predicted molar refractivity (Wildman–Crippen MR) is 117 cm³/mol. The second-order valence-corrected chi connectivity index (χ2v) is 7.01. The SMILES string of the molecule is COc1ccc(-c2ccc(=O)n(CCNC(=O)COc3cccc(C(F)(F)F)c3)n2)cc1OC. The second-order valence-electron chi connectivity index (χ2n) is 7.01. The normalized spacial score (nSPS) is 11.1. The number of nitrogens with zero attached hydrogens (tertiary/aromatic N) is 2. The van der Waals surface area contributed by atoms with Gasteiger partial charge in [0.1, 0.15) is 5.75 Å². The summed E-state index contributed by atoms with van der Waals surface area (Å²) in [6.07, 6.45) is -4.51. The summed E-state index contributed by atoms with van der Waals surface area (Å²) in [5, 5.41) is 6.86. The summed E-state index contributed by atoms with van der Waals surface area (Å²) in [7, 11) is 3.03. The molecule has 0 saturated carbocycles. The number of hydrogen-bond donors (Lipinski definition) is 1. The number of aromatic nitrogens is 2. The Hall–Kier alpha value is -4.02. The van der Waals surface area contributed by atoms with Gasteiger partial charge in [0.25, 0.3) is 11.5 Å². The first-order chi connectivity index (χ1) is 16.2. The number of rotatable bonds is 9. The Bertz CT molecular complexity index is 1210. The molecular weight excluding hydrogens is 455 g/mol. The summed E-state index contributed by atoms with van der Waals surface area (Å²) < 4.78 is 55.1. The van der Waals surface area contributed by atoms with Gasteiger partial charge in [-0.2, -0.15) is 18.3 Å². The molecule has 1 aromatic heterocycles. The van der Waals surface area contributed by atoms with E-state index in [1.165, 1.54) is 37.1 Å². The van der Waals surface area contributed by atoms with Gasteiger partial charge in [0.05, 0.1) is 32.0 Å². The van der Waals surface area contributed by atoms with E-state index in [-0.39, 0.29) is 24.4 Å². The van der Waals surface area contributed by atoms with E-state index >= 15 is 0 Å². The molecule has 0 radical (unpaired) electrons. The second kappa shape index (κ2) is 10.7. The van der Waals surface area contributed by atoms with Crippen molar-refractivity contribution in [1.82, 2.24) is 15.1 Å². The van der Waals surface area contributed by atoms with Gasteiger partial charge in [-0.15, -0.1) is 0 Å². The third-order valence-electron chi connectivity index (χ3n) is 4.72. The lowest BCUT2D eigenvalue weighted by atomic mass is 10.1. The highest BCUT2D eigenvalue weighted by Crippen LogP contribution is 2.32. The molecule has 34 heavy (non-hydrogen) atoms. The van der Waals surface area contributed by atoms with Gasteiger partial charge in [0.15, 0.2) is 18.1 Å². The molecule has 1 N–H and O–H groups in total. The molecule has 180 valence electrons. The van der Waals surface area contributed by atoms with E-state index in [0.717, 1.165) is 12.1 Å². The number of ether oxygens (including phenoxy) is 3. The van der Waals surface area contributed by atoms with Crippen LogP contribution >= 0.6 is 0 Å². The highest BCUT2D eigenvalue weighted by atomic mass is 19.4. The number of halogens is 3. The lowest BCUT2D eigenvalue weighted by molar-refractivity contribution is -0.137. The summed E-state index contributed by atoms with van der Waals surface area (Å²) in [5.41, 5.74) is -0.0198. The van der Waals surface area contributed by atoms with Crippen molar-refractivity contribution in [3.63, 3.8) is 0 Å². The van der Waals surface area contributed by atoms with Gasteiger partial charge in [-0.1, -0.05) is 6.07 Å². The van der Waals surface area contributed by atoms with E-state index in [4.69, 9.17) is 14.2 Å². The average Bonchev–Trinajstić information content (AvgIpc) is 2.83. The average molecular weight is 477 g/mol. The minimum atomic E-state index is -4.51. The third kappa shape index (κ3) is 6.27. The van der Waals surface area contributed by atoms with Crippen LogP contribution in [0.3, 0.4) is 0 Å². The van der Waals surface area contributed by atoms with Crippen molar-refractivity contribution in [2.45, 2.75) is 12.7 Å².